The largest absolute Gasteiger partial charge is 0.489 e. The minimum atomic E-state index is -0.407. The topological polar surface area (TPSA) is 63.0 Å². The summed E-state index contributed by atoms with van der Waals surface area (Å²) < 4.78 is 22.4. The van der Waals surface area contributed by atoms with E-state index in [1.807, 2.05) is 6.92 Å². The molecular weight excluding hydrogens is 493 g/mol. The zero-order valence-corrected chi connectivity index (χ0v) is 22.6. The van der Waals surface area contributed by atoms with E-state index in [4.69, 9.17) is 16.3 Å². The van der Waals surface area contributed by atoms with Crippen molar-refractivity contribution in [3.8, 4) is 5.75 Å². The van der Waals surface area contributed by atoms with E-state index in [2.05, 4.69) is 28.8 Å². The average molecular weight is 528 g/mol. The zero-order valence-electron chi connectivity index (χ0n) is 21.8. The fraction of sp³-hybridized carbons (Fsp3) is 0.536. The number of likely N-dealkylation sites (tertiary alicyclic amines) is 1. The van der Waals surface area contributed by atoms with Crippen molar-refractivity contribution in [3.05, 3.63) is 57.8 Å². The molecule has 198 valence electrons. The lowest BCUT2D eigenvalue weighted by Crippen LogP contribution is -2.46. The van der Waals surface area contributed by atoms with Crippen molar-refractivity contribution in [2.24, 2.45) is 0 Å². The molecule has 1 aromatic carbocycles. The smallest absolute Gasteiger partial charge is 0.258 e. The van der Waals surface area contributed by atoms with Crippen LogP contribution >= 0.6 is 11.6 Å². The van der Waals surface area contributed by atoms with Gasteiger partial charge in [0.1, 0.15) is 17.7 Å². The van der Waals surface area contributed by atoms with Gasteiger partial charge in [-0.25, -0.2) is 13.9 Å². The van der Waals surface area contributed by atoms with Crippen LogP contribution in [0.3, 0.4) is 0 Å². The minimum absolute atomic E-state index is 0.0420. The molecule has 7 nitrogen and oxygen atoms in total. The fourth-order valence-electron chi connectivity index (χ4n) is 5.60. The van der Waals surface area contributed by atoms with Gasteiger partial charge in [0, 0.05) is 30.4 Å². The second-order valence-electron chi connectivity index (χ2n) is 10.3. The van der Waals surface area contributed by atoms with Crippen molar-refractivity contribution in [2.45, 2.75) is 84.5 Å². The maximum Gasteiger partial charge on any atom is 0.258 e. The van der Waals surface area contributed by atoms with Gasteiger partial charge in [-0.1, -0.05) is 38.3 Å². The highest BCUT2D eigenvalue weighted by Gasteiger charge is 2.33. The van der Waals surface area contributed by atoms with Crippen LogP contribution in [0.5, 0.6) is 5.75 Å². The van der Waals surface area contributed by atoms with E-state index < -0.39 is 5.82 Å². The summed E-state index contributed by atoms with van der Waals surface area (Å²) in [6.45, 7) is 9.14. The van der Waals surface area contributed by atoms with Crippen molar-refractivity contribution >= 4 is 23.2 Å². The van der Waals surface area contributed by atoms with Crippen molar-refractivity contribution in [1.82, 2.24) is 24.4 Å². The highest BCUT2D eigenvalue weighted by atomic mass is 35.5. The molecular formula is C28H35ClFN5O2. The molecule has 2 aliphatic rings. The minimum Gasteiger partial charge on any atom is -0.489 e. The van der Waals surface area contributed by atoms with Gasteiger partial charge in [-0.2, -0.15) is 5.10 Å². The predicted molar refractivity (Wildman–Crippen MR) is 142 cm³/mol. The second-order valence-corrected chi connectivity index (χ2v) is 10.7. The van der Waals surface area contributed by atoms with Gasteiger partial charge in [0.25, 0.3) is 5.91 Å². The molecule has 2 atom stereocenters. The molecule has 0 bridgehead atoms. The summed E-state index contributed by atoms with van der Waals surface area (Å²) in [5, 5.41) is 5.19. The highest BCUT2D eigenvalue weighted by molar-refractivity contribution is 6.31. The molecule has 0 saturated carbocycles. The molecule has 3 aromatic rings. The number of ether oxygens (including phenoxy) is 1. The number of nitrogens with zero attached hydrogens (tertiary/aromatic N) is 5. The van der Waals surface area contributed by atoms with Gasteiger partial charge < -0.3 is 14.5 Å². The predicted octanol–water partition coefficient (Wildman–Crippen LogP) is 5.80. The number of benzene rings is 1. The number of aromatic nitrogens is 3. The molecule has 37 heavy (non-hydrogen) atoms. The number of piperidine rings is 1. The van der Waals surface area contributed by atoms with Crippen molar-refractivity contribution < 1.29 is 13.9 Å². The van der Waals surface area contributed by atoms with E-state index in [-0.39, 0.29) is 12.0 Å². The highest BCUT2D eigenvalue weighted by Crippen LogP contribution is 2.32. The van der Waals surface area contributed by atoms with Crippen LogP contribution in [0.15, 0.2) is 24.4 Å². The lowest BCUT2D eigenvalue weighted by molar-refractivity contribution is 0.0492. The Morgan fingerprint density at radius 1 is 1.24 bits per heavy atom. The molecule has 0 radical (unpaired) electrons. The van der Waals surface area contributed by atoms with Gasteiger partial charge in [-0.15, -0.1) is 0 Å². The summed E-state index contributed by atoms with van der Waals surface area (Å²) in [6, 6.07) is 4.67. The van der Waals surface area contributed by atoms with Gasteiger partial charge in [0.05, 0.1) is 35.1 Å². The fourth-order valence-corrected chi connectivity index (χ4v) is 5.73. The first-order valence-corrected chi connectivity index (χ1v) is 13.8. The van der Waals surface area contributed by atoms with Crippen molar-refractivity contribution in [3.63, 3.8) is 0 Å². The van der Waals surface area contributed by atoms with Gasteiger partial charge in [-0.05, 0) is 51.3 Å². The van der Waals surface area contributed by atoms with Crippen LogP contribution in [-0.4, -0.2) is 55.5 Å². The number of fused-ring (bicyclic) bond motifs is 3. The first kappa shape index (κ1) is 25.9. The van der Waals surface area contributed by atoms with Gasteiger partial charge >= 0.3 is 0 Å². The number of carbonyl (C=O) groups is 1. The Labute approximate surface area is 222 Å². The molecule has 2 aromatic heterocycles. The Hall–Kier alpha value is -2.71. The zero-order chi connectivity index (χ0) is 26.1. The van der Waals surface area contributed by atoms with Crippen LogP contribution in [0, 0.1) is 12.7 Å². The molecule has 1 fully saturated rings. The summed E-state index contributed by atoms with van der Waals surface area (Å²) in [4.78, 5) is 22.4. The Morgan fingerprint density at radius 2 is 2.08 bits per heavy atom. The van der Waals surface area contributed by atoms with Crippen LogP contribution in [0.1, 0.15) is 79.7 Å². The van der Waals surface area contributed by atoms with E-state index in [0.717, 1.165) is 55.7 Å². The molecule has 4 heterocycles. The Balaban J connectivity index is 1.33. The third-order valence-corrected chi connectivity index (χ3v) is 8.03. The third kappa shape index (κ3) is 5.18. The molecule has 9 heteroatoms. The number of hydrogen-bond acceptors (Lipinski definition) is 5. The van der Waals surface area contributed by atoms with Gasteiger partial charge in [0.2, 0.25) is 0 Å². The maximum atomic E-state index is 14.3. The van der Waals surface area contributed by atoms with E-state index in [1.54, 1.807) is 21.7 Å². The molecule has 0 aliphatic carbocycles. The van der Waals surface area contributed by atoms with Crippen molar-refractivity contribution in [1.29, 1.82) is 0 Å². The first-order chi connectivity index (χ1) is 17.9. The molecule has 1 saturated heterocycles. The second kappa shape index (κ2) is 11.0. The van der Waals surface area contributed by atoms with E-state index in [9.17, 15) is 9.18 Å². The van der Waals surface area contributed by atoms with Crippen LogP contribution in [0.4, 0.5) is 4.39 Å². The summed E-state index contributed by atoms with van der Waals surface area (Å²) >= 11 is 6.20. The van der Waals surface area contributed by atoms with Gasteiger partial charge in [-0.3, -0.25) is 4.79 Å². The third-order valence-electron chi connectivity index (χ3n) is 7.66. The maximum absolute atomic E-state index is 14.3. The Morgan fingerprint density at radius 3 is 2.86 bits per heavy atom. The lowest BCUT2D eigenvalue weighted by Gasteiger charge is -2.39. The number of halogens is 2. The summed E-state index contributed by atoms with van der Waals surface area (Å²) in [6.07, 6.45) is 7.94. The van der Waals surface area contributed by atoms with E-state index in [1.165, 1.54) is 25.0 Å². The van der Waals surface area contributed by atoms with Crippen molar-refractivity contribution in [2.75, 3.05) is 13.1 Å². The number of hydrogen-bond donors (Lipinski definition) is 0. The molecule has 0 unspecified atom stereocenters. The van der Waals surface area contributed by atoms with Crippen LogP contribution < -0.4 is 4.74 Å². The molecule has 2 aliphatic heterocycles. The summed E-state index contributed by atoms with van der Waals surface area (Å²) in [7, 11) is 0. The lowest BCUT2D eigenvalue weighted by atomic mass is 9.95. The monoisotopic (exact) mass is 527 g/mol. The molecule has 0 spiro atoms. The summed E-state index contributed by atoms with van der Waals surface area (Å²) in [5.41, 5.74) is 3.63. The van der Waals surface area contributed by atoms with Crippen LogP contribution in [0.25, 0.3) is 5.65 Å². The molecule has 1 amide bonds. The molecule has 5 rings (SSSR count). The van der Waals surface area contributed by atoms with Gasteiger partial charge in [0.15, 0.2) is 5.65 Å². The quantitative estimate of drug-likeness (QED) is 0.370. The Kier molecular flexibility index (Phi) is 7.67. The summed E-state index contributed by atoms with van der Waals surface area (Å²) in [5.74, 6) is -0.273. The number of aryl methyl sites for hydroxylation is 1. The average Bonchev–Trinajstić information content (AvgIpc) is 3.45. The standard InChI is InChI=1S/C28H35ClFN5O2/c1-4-6-11-33-12-10-21(14-20(33)7-5-2)37-26-13-19(30)8-9-22(26)28(36)34-16-23-25(17-34)32-35-18(3)24(29)15-31-27(23)35/h8-9,13,15,20-21H,4-7,10-12,14,16-17H2,1-3H3/t20-,21+/m0/s1. The SMILES string of the molecule is CCCCN1CC[C@@H](Oc2cc(F)ccc2C(=O)N2Cc3nn4c(C)c(Cl)cnc4c3C2)C[C@@H]1CCC. The molecule has 0 N–H and O–H groups in total. The normalized spacial score (nSPS) is 20.0. The number of carbonyl (C=O) groups excluding carboxylic acids is 1. The number of amides is 1. The number of rotatable bonds is 8. The number of unbranched alkanes of at least 4 members (excludes halogenated alkanes) is 1. The van der Waals surface area contributed by atoms with E-state index in [0.29, 0.717) is 41.1 Å². The van der Waals surface area contributed by atoms with E-state index >= 15 is 0 Å². The Bertz CT molecular complexity index is 1300. The van der Waals surface area contributed by atoms with Crippen LogP contribution in [-0.2, 0) is 13.1 Å². The van der Waals surface area contributed by atoms with Crippen LogP contribution in [0.2, 0.25) is 5.02 Å². The first-order valence-electron chi connectivity index (χ1n) is 13.4.